The quantitative estimate of drug-likeness (QED) is 0.789. The van der Waals surface area contributed by atoms with Crippen LogP contribution in [0.3, 0.4) is 0 Å². The molecule has 2 aromatic heterocycles. The van der Waals surface area contributed by atoms with Crippen molar-refractivity contribution in [3.05, 3.63) is 59.5 Å². The van der Waals surface area contributed by atoms with Gasteiger partial charge in [0.15, 0.2) is 0 Å². The first-order valence-electron chi connectivity index (χ1n) is 7.30. The highest BCUT2D eigenvalue weighted by atomic mass is 35.5. The summed E-state index contributed by atoms with van der Waals surface area (Å²) in [6.45, 7) is 2.62. The van der Waals surface area contributed by atoms with Crippen LogP contribution in [0.4, 0.5) is 0 Å². The maximum Gasteiger partial charge on any atom is 0.102 e. The molecule has 1 N–H and O–H groups in total. The monoisotopic (exact) mass is 310 g/mol. The molecule has 1 aromatic carbocycles. The molecule has 0 amide bonds. The first kappa shape index (κ1) is 13.5. The van der Waals surface area contributed by atoms with Gasteiger partial charge >= 0.3 is 0 Å². The number of benzene rings is 1. The molecule has 3 aromatic rings. The fourth-order valence-electron chi connectivity index (χ4n) is 2.92. The molecule has 0 saturated heterocycles. The van der Waals surface area contributed by atoms with Crippen LogP contribution < -0.4 is 5.32 Å². The Labute approximate surface area is 133 Å². The van der Waals surface area contributed by atoms with Crippen LogP contribution in [-0.4, -0.2) is 21.3 Å². The second-order valence-corrected chi connectivity index (χ2v) is 5.69. The molecule has 4 nitrogen and oxygen atoms in total. The molecule has 0 radical (unpaired) electrons. The van der Waals surface area contributed by atoms with Crippen molar-refractivity contribution in [2.75, 3.05) is 6.54 Å². The Morgan fingerprint density at radius 1 is 1.09 bits per heavy atom. The van der Waals surface area contributed by atoms with Crippen molar-refractivity contribution >= 4 is 11.6 Å². The van der Waals surface area contributed by atoms with Crippen molar-refractivity contribution in [2.45, 2.75) is 13.1 Å². The maximum atomic E-state index is 6.40. The Hall–Kier alpha value is -2.17. The molecule has 0 saturated carbocycles. The van der Waals surface area contributed by atoms with Crippen molar-refractivity contribution in [3.63, 3.8) is 0 Å². The van der Waals surface area contributed by atoms with Crippen molar-refractivity contribution in [3.8, 4) is 22.4 Å². The number of aromatic nitrogens is 3. The minimum absolute atomic E-state index is 0.723. The van der Waals surface area contributed by atoms with E-state index in [0.717, 1.165) is 47.0 Å². The fourth-order valence-corrected chi connectivity index (χ4v) is 3.14. The van der Waals surface area contributed by atoms with Gasteiger partial charge in [0.05, 0.1) is 17.3 Å². The van der Waals surface area contributed by atoms with Crippen LogP contribution in [0.1, 0.15) is 5.69 Å². The van der Waals surface area contributed by atoms with Crippen LogP contribution in [0.2, 0.25) is 5.02 Å². The highest BCUT2D eigenvalue weighted by molar-refractivity contribution is 6.33. The maximum absolute atomic E-state index is 6.40. The molecule has 4 rings (SSSR count). The van der Waals surface area contributed by atoms with E-state index in [1.165, 1.54) is 5.69 Å². The topological polar surface area (TPSA) is 42.7 Å². The summed E-state index contributed by atoms with van der Waals surface area (Å²) in [7, 11) is 0. The lowest BCUT2D eigenvalue weighted by Crippen LogP contribution is -2.28. The van der Waals surface area contributed by atoms with Crippen LogP contribution in [0.15, 0.2) is 48.8 Å². The molecular formula is C17H15ClN4. The molecule has 0 atom stereocenters. The number of hydrogen-bond acceptors (Lipinski definition) is 3. The third-order valence-electron chi connectivity index (χ3n) is 3.95. The molecule has 1 aliphatic rings. The molecule has 22 heavy (non-hydrogen) atoms. The van der Waals surface area contributed by atoms with E-state index in [2.05, 4.69) is 15.0 Å². The molecule has 0 unspecified atom stereocenters. The number of pyridine rings is 1. The molecule has 1 aliphatic heterocycles. The summed E-state index contributed by atoms with van der Waals surface area (Å²) in [5, 5.41) is 8.97. The lowest BCUT2D eigenvalue weighted by Gasteiger charge is -2.16. The third-order valence-corrected chi connectivity index (χ3v) is 4.28. The summed E-state index contributed by atoms with van der Waals surface area (Å²) in [6, 6.07) is 11.9. The van der Waals surface area contributed by atoms with E-state index >= 15 is 0 Å². The van der Waals surface area contributed by atoms with Gasteiger partial charge in [0.1, 0.15) is 5.69 Å². The van der Waals surface area contributed by atoms with Crippen LogP contribution in [-0.2, 0) is 13.1 Å². The highest BCUT2D eigenvalue weighted by Gasteiger charge is 2.23. The number of rotatable bonds is 2. The van der Waals surface area contributed by atoms with E-state index in [4.69, 9.17) is 16.7 Å². The van der Waals surface area contributed by atoms with Crippen molar-refractivity contribution in [2.24, 2.45) is 0 Å². The van der Waals surface area contributed by atoms with E-state index in [9.17, 15) is 0 Å². The normalized spacial score (nSPS) is 13.9. The van der Waals surface area contributed by atoms with Crippen molar-refractivity contribution < 1.29 is 0 Å². The van der Waals surface area contributed by atoms with Crippen molar-refractivity contribution in [1.29, 1.82) is 0 Å². The lowest BCUT2D eigenvalue weighted by molar-refractivity contribution is 0.477. The van der Waals surface area contributed by atoms with Crippen LogP contribution >= 0.6 is 11.6 Å². The number of hydrogen-bond donors (Lipinski definition) is 1. The Morgan fingerprint density at radius 3 is 2.73 bits per heavy atom. The Morgan fingerprint density at radius 2 is 1.91 bits per heavy atom. The third kappa shape index (κ3) is 2.21. The van der Waals surface area contributed by atoms with Gasteiger partial charge in [-0.15, -0.1) is 0 Å². The average molecular weight is 311 g/mol. The lowest BCUT2D eigenvalue weighted by atomic mass is 9.99. The first-order chi connectivity index (χ1) is 10.8. The SMILES string of the molecule is Clc1ccccc1-c1nn2c(c1-c1ccncc1)CNCC2. The minimum atomic E-state index is 0.723. The van der Waals surface area contributed by atoms with Crippen molar-refractivity contribution in [1.82, 2.24) is 20.1 Å². The Bertz CT molecular complexity index is 811. The van der Waals surface area contributed by atoms with E-state index in [1.54, 1.807) is 0 Å². The summed E-state index contributed by atoms with van der Waals surface area (Å²) in [5.74, 6) is 0. The van der Waals surface area contributed by atoms with Gasteiger partial charge in [-0.1, -0.05) is 29.8 Å². The van der Waals surface area contributed by atoms with Crippen LogP contribution in [0.25, 0.3) is 22.4 Å². The smallest absolute Gasteiger partial charge is 0.102 e. The van der Waals surface area contributed by atoms with Crippen LogP contribution in [0, 0.1) is 0 Å². The van der Waals surface area contributed by atoms with Gasteiger partial charge in [-0.2, -0.15) is 5.10 Å². The summed E-state index contributed by atoms with van der Waals surface area (Å²) < 4.78 is 2.09. The van der Waals surface area contributed by atoms with E-state index < -0.39 is 0 Å². The molecule has 0 aliphatic carbocycles. The molecule has 0 bridgehead atoms. The van der Waals surface area contributed by atoms with Gasteiger partial charge in [0, 0.05) is 36.6 Å². The second-order valence-electron chi connectivity index (χ2n) is 5.29. The van der Waals surface area contributed by atoms with Gasteiger partial charge in [-0.25, -0.2) is 0 Å². The summed E-state index contributed by atoms with van der Waals surface area (Å²) in [6.07, 6.45) is 3.62. The number of fused-ring (bicyclic) bond motifs is 1. The van der Waals surface area contributed by atoms with Gasteiger partial charge in [0.25, 0.3) is 0 Å². The predicted molar refractivity (Wildman–Crippen MR) is 87.6 cm³/mol. The average Bonchev–Trinajstić information content (AvgIpc) is 2.95. The fraction of sp³-hybridized carbons (Fsp3) is 0.176. The summed E-state index contributed by atoms with van der Waals surface area (Å²) >= 11 is 6.40. The van der Waals surface area contributed by atoms with E-state index in [-0.39, 0.29) is 0 Å². The van der Waals surface area contributed by atoms with Gasteiger partial charge in [-0.3, -0.25) is 9.67 Å². The molecular weight excluding hydrogens is 296 g/mol. The van der Waals surface area contributed by atoms with Gasteiger partial charge in [0.2, 0.25) is 0 Å². The highest BCUT2D eigenvalue weighted by Crippen LogP contribution is 2.37. The molecule has 0 spiro atoms. The zero-order valence-electron chi connectivity index (χ0n) is 12.0. The molecule has 0 fully saturated rings. The zero-order chi connectivity index (χ0) is 14.9. The number of halogens is 1. The number of nitrogens with zero attached hydrogens (tertiary/aromatic N) is 3. The van der Waals surface area contributed by atoms with Crippen LogP contribution in [0.5, 0.6) is 0 Å². The molecule has 110 valence electrons. The predicted octanol–water partition coefficient (Wildman–Crippen LogP) is 3.37. The van der Waals surface area contributed by atoms with Gasteiger partial charge in [-0.05, 0) is 23.8 Å². The molecule has 5 heteroatoms. The summed E-state index contributed by atoms with van der Waals surface area (Å²) in [4.78, 5) is 4.12. The zero-order valence-corrected chi connectivity index (χ0v) is 12.7. The molecule has 3 heterocycles. The van der Waals surface area contributed by atoms with Gasteiger partial charge < -0.3 is 5.32 Å². The largest absolute Gasteiger partial charge is 0.309 e. The summed E-state index contributed by atoms with van der Waals surface area (Å²) in [5.41, 5.74) is 5.37. The van der Waals surface area contributed by atoms with E-state index in [0.29, 0.717) is 0 Å². The standard InChI is InChI=1S/C17H15ClN4/c18-14-4-2-1-3-13(14)17-16(12-5-7-19-8-6-12)15-11-20-9-10-22(15)21-17/h1-8,20H,9-11H2. The Kier molecular flexibility index (Phi) is 3.41. The van der Waals surface area contributed by atoms with E-state index in [1.807, 2.05) is 48.8 Å². The number of nitrogens with one attached hydrogen (secondary N) is 1. The second kappa shape index (κ2) is 5.55. The first-order valence-corrected chi connectivity index (χ1v) is 7.68. The minimum Gasteiger partial charge on any atom is -0.309 e. The Balaban J connectivity index is 1.99.